The van der Waals surface area contributed by atoms with E-state index >= 15 is 0 Å². The zero-order chi connectivity index (χ0) is 16.4. The van der Waals surface area contributed by atoms with Gasteiger partial charge in [0.1, 0.15) is 0 Å². The van der Waals surface area contributed by atoms with Crippen LogP contribution < -0.4 is 0 Å². The number of ether oxygens (including phenoxy) is 1. The summed E-state index contributed by atoms with van der Waals surface area (Å²) < 4.78 is 5.23. The maximum Gasteiger partial charge on any atom is 0.334 e. The maximum absolute atomic E-state index is 12.3. The van der Waals surface area contributed by atoms with Crippen LogP contribution in [0, 0.1) is 13.8 Å². The molecule has 0 N–H and O–H groups in total. The van der Waals surface area contributed by atoms with Gasteiger partial charge in [-0.1, -0.05) is 54.1 Å². The van der Waals surface area contributed by atoms with Gasteiger partial charge in [-0.05, 0) is 43.0 Å². The molecule has 1 aliphatic carbocycles. The Kier molecular flexibility index (Phi) is 4.33. The molecule has 0 aliphatic heterocycles. The molecular weight excluding hydrogens is 284 g/mol. The van der Waals surface area contributed by atoms with E-state index in [0.717, 1.165) is 5.57 Å². The summed E-state index contributed by atoms with van der Waals surface area (Å²) in [5.74, 6) is -0.0850. The normalized spacial score (nSPS) is 16.5. The lowest BCUT2D eigenvalue weighted by molar-refractivity contribution is -0.138. The number of esters is 1. The molecule has 118 valence electrons. The number of hydrogen-bond acceptors (Lipinski definition) is 2. The van der Waals surface area contributed by atoms with Gasteiger partial charge in [-0.15, -0.1) is 0 Å². The highest BCUT2D eigenvalue weighted by atomic mass is 16.5. The number of carbonyl (C=O) groups excluding carboxylic acids is 1. The second kappa shape index (κ2) is 6.41. The molecule has 2 nitrogen and oxygen atoms in total. The quantitative estimate of drug-likeness (QED) is 0.781. The summed E-state index contributed by atoms with van der Waals surface area (Å²) in [6, 6.07) is 14.8. The van der Waals surface area contributed by atoms with E-state index in [0.29, 0.717) is 13.0 Å². The Labute approximate surface area is 137 Å². The molecule has 0 spiro atoms. The predicted molar refractivity (Wildman–Crippen MR) is 92.6 cm³/mol. The fourth-order valence-electron chi connectivity index (χ4n) is 3.49. The van der Waals surface area contributed by atoms with Crippen LogP contribution in [0.5, 0.6) is 0 Å². The molecule has 1 atom stereocenters. The first-order valence-electron chi connectivity index (χ1n) is 8.13. The van der Waals surface area contributed by atoms with E-state index in [4.69, 9.17) is 4.74 Å². The Morgan fingerprint density at radius 1 is 1.17 bits per heavy atom. The molecule has 23 heavy (non-hydrogen) atoms. The van der Waals surface area contributed by atoms with Crippen molar-refractivity contribution in [1.82, 2.24) is 0 Å². The number of fused-ring (bicyclic) bond motifs is 1. The zero-order valence-corrected chi connectivity index (χ0v) is 13.9. The summed E-state index contributed by atoms with van der Waals surface area (Å²) in [6.07, 6.45) is 2.73. The first kappa shape index (κ1) is 15.5. The average Bonchev–Trinajstić information content (AvgIpc) is 2.54. The lowest BCUT2D eigenvalue weighted by Crippen LogP contribution is -2.18. The molecule has 3 rings (SSSR count). The summed E-state index contributed by atoms with van der Waals surface area (Å²) in [5.41, 5.74) is 7.06. The minimum atomic E-state index is -0.196. The van der Waals surface area contributed by atoms with Gasteiger partial charge >= 0.3 is 5.97 Å². The van der Waals surface area contributed by atoms with E-state index in [1.807, 2.05) is 25.1 Å². The summed E-state index contributed by atoms with van der Waals surface area (Å²) in [7, 11) is 0. The highest BCUT2D eigenvalue weighted by Gasteiger charge is 2.26. The van der Waals surface area contributed by atoms with Gasteiger partial charge in [-0.25, -0.2) is 4.79 Å². The number of carbonyl (C=O) groups is 1. The molecule has 1 aliphatic rings. The van der Waals surface area contributed by atoms with Crippen LogP contribution in [0.1, 0.15) is 40.7 Å². The molecule has 0 aromatic heterocycles. The molecule has 0 radical (unpaired) electrons. The van der Waals surface area contributed by atoms with Crippen LogP contribution in [-0.2, 0) is 16.0 Å². The highest BCUT2D eigenvalue weighted by Crippen LogP contribution is 2.38. The topological polar surface area (TPSA) is 26.3 Å². The van der Waals surface area contributed by atoms with Crippen LogP contribution in [0.3, 0.4) is 0 Å². The van der Waals surface area contributed by atoms with Crippen LogP contribution in [0.15, 0.2) is 54.1 Å². The van der Waals surface area contributed by atoms with Gasteiger partial charge in [-0.3, -0.25) is 0 Å². The lowest BCUT2D eigenvalue weighted by atomic mass is 9.77. The number of hydrogen-bond donors (Lipinski definition) is 0. The minimum absolute atomic E-state index is 0.111. The molecule has 0 amide bonds. The van der Waals surface area contributed by atoms with Crippen LogP contribution in [0.2, 0.25) is 0 Å². The molecule has 0 bridgehead atoms. The largest absolute Gasteiger partial charge is 0.463 e. The SMILES string of the molecule is CCOC(=O)C1=CC(c2ccccc2)c2c(C)cc(C)cc2C1. The van der Waals surface area contributed by atoms with Gasteiger partial charge < -0.3 is 4.74 Å². The van der Waals surface area contributed by atoms with E-state index in [-0.39, 0.29) is 11.9 Å². The Morgan fingerprint density at radius 2 is 1.91 bits per heavy atom. The van der Waals surface area contributed by atoms with Crippen molar-refractivity contribution >= 4 is 5.97 Å². The number of benzene rings is 2. The molecule has 1 unspecified atom stereocenters. The summed E-state index contributed by atoms with van der Waals surface area (Å²) in [6.45, 7) is 6.52. The van der Waals surface area contributed by atoms with Gasteiger partial charge in [0, 0.05) is 17.9 Å². The van der Waals surface area contributed by atoms with Crippen molar-refractivity contribution in [3.63, 3.8) is 0 Å². The zero-order valence-electron chi connectivity index (χ0n) is 13.9. The van der Waals surface area contributed by atoms with E-state index in [2.05, 4.69) is 44.2 Å². The Balaban J connectivity index is 2.13. The van der Waals surface area contributed by atoms with E-state index in [1.54, 1.807) is 0 Å². The molecule has 2 aromatic rings. The Hall–Kier alpha value is -2.35. The lowest BCUT2D eigenvalue weighted by Gasteiger charge is -2.27. The van der Waals surface area contributed by atoms with Crippen LogP contribution in [0.4, 0.5) is 0 Å². The van der Waals surface area contributed by atoms with E-state index < -0.39 is 0 Å². The Bertz CT molecular complexity index is 757. The molecular formula is C21H22O2. The van der Waals surface area contributed by atoms with E-state index in [1.165, 1.54) is 27.8 Å². The van der Waals surface area contributed by atoms with Crippen molar-refractivity contribution in [3.05, 3.63) is 81.9 Å². The third kappa shape index (κ3) is 3.07. The molecule has 0 saturated heterocycles. The fraction of sp³-hybridized carbons (Fsp3) is 0.286. The molecule has 0 fully saturated rings. The number of rotatable bonds is 3. The van der Waals surface area contributed by atoms with Gasteiger partial charge in [0.2, 0.25) is 0 Å². The van der Waals surface area contributed by atoms with Crippen molar-refractivity contribution in [3.8, 4) is 0 Å². The fourth-order valence-corrected chi connectivity index (χ4v) is 3.49. The average molecular weight is 306 g/mol. The third-order valence-corrected chi connectivity index (χ3v) is 4.37. The van der Waals surface area contributed by atoms with Crippen molar-refractivity contribution in [1.29, 1.82) is 0 Å². The molecule has 0 saturated carbocycles. The van der Waals surface area contributed by atoms with E-state index in [9.17, 15) is 4.79 Å². The third-order valence-electron chi connectivity index (χ3n) is 4.37. The first-order chi connectivity index (χ1) is 11.1. The summed E-state index contributed by atoms with van der Waals surface area (Å²) in [5, 5.41) is 0. The number of allylic oxidation sites excluding steroid dienone is 1. The first-order valence-corrected chi connectivity index (χ1v) is 8.13. The Morgan fingerprint density at radius 3 is 2.61 bits per heavy atom. The summed E-state index contributed by atoms with van der Waals surface area (Å²) in [4.78, 5) is 12.3. The second-order valence-corrected chi connectivity index (χ2v) is 6.13. The van der Waals surface area contributed by atoms with Crippen molar-refractivity contribution in [2.75, 3.05) is 6.61 Å². The minimum Gasteiger partial charge on any atom is -0.463 e. The number of aryl methyl sites for hydroxylation is 2. The van der Waals surface area contributed by atoms with Crippen molar-refractivity contribution < 1.29 is 9.53 Å². The van der Waals surface area contributed by atoms with Gasteiger partial charge in [0.05, 0.1) is 6.61 Å². The smallest absolute Gasteiger partial charge is 0.334 e. The van der Waals surface area contributed by atoms with Crippen molar-refractivity contribution in [2.45, 2.75) is 33.1 Å². The van der Waals surface area contributed by atoms with Crippen molar-refractivity contribution in [2.24, 2.45) is 0 Å². The molecule has 0 heterocycles. The predicted octanol–water partition coefficient (Wildman–Crippen LogP) is 4.48. The van der Waals surface area contributed by atoms with Crippen LogP contribution in [0.25, 0.3) is 0 Å². The van der Waals surface area contributed by atoms with Gasteiger partial charge in [0.15, 0.2) is 0 Å². The highest BCUT2D eigenvalue weighted by molar-refractivity contribution is 5.90. The van der Waals surface area contributed by atoms with Gasteiger partial charge in [-0.2, -0.15) is 0 Å². The summed E-state index contributed by atoms with van der Waals surface area (Å²) >= 11 is 0. The van der Waals surface area contributed by atoms with Crippen LogP contribution >= 0.6 is 0 Å². The molecule has 2 heteroatoms. The second-order valence-electron chi connectivity index (χ2n) is 6.13. The van der Waals surface area contributed by atoms with Gasteiger partial charge in [0.25, 0.3) is 0 Å². The van der Waals surface area contributed by atoms with Crippen LogP contribution in [-0.4, -0.2) is 12.6 Å². The monoisotopic (exact) mass is 306 g/mol. The molecule has 2 aromatic carbocycles. The maximum atomic E-state index is 12.3. The standard InChI is InChI=1S/C21H22O2/c1-4-23-21(22)18-12-17-11-14(2)10-15(3)20(17)19(13-18)16-8-6-5-7-9-16/h5-11,13,19H,4,12H2,1-3H3.